The van der Waals surface area contributed by atoms with Gasteiger partial charge >= 0.3 is 5.97 Å². The Morgan fingerprint density at radius 3 is 2.76 bits per heavy atom. The molecule has 1 saturated heterocycles. The van der Waals surface area contributed by atoms with Crippen LogP contribution in [-0.2, 0) is 16.1 Å². The quantitative estimate of drug-likeness (QED) is 0.805. The third-order valence-electron chi connectivity index (χ3n) is 2.91. The number of benzene rings is 1. The second kappa shape index (κ2) is 4.53. The summed E-state index contributed by atoms with van der Waals surface area (Å²) in [6, 6.07) is 6.18. The van der Waals surface area contributed by atoms with E-state index in [0.29, 0.717) is 18.5 Å². The van der Waals surface area contributed by atoms with E-state index in [-0.39, 0.29) is 12.4 Å². The van der Waals surface area contributed by atoms with E-state index in [2.05, 4.69) is 0 Å². The van der Waals surface area contributed by atoms with E-state index in [0.717, 1.165) is 0 Å². The fourth-order valence-corrected chi connectivity index (χ4v) is 1.96. The highest BCUT2D eigenvalue weighted by Crippen LogP contribution is 2.21. The van der Waals surface area contributed by atoms with Crippen LogP contribution in [0.5, 0.6) is 0 Å². The number of hydrogen-bond acceptors (Lipinski definition) is 2. The van der Waals surface area contributed by atoms with Gasteiger partial charge in [-0.25, -0.2) is 4.39 Å². The van der Waals surface area contributed by atoms with Crippen molar-refractivity contribution in [3.8, 4) is 0 Å². The standard InChI is InChI=1S/C12H12FNO3/c13-10-4-2-1-3-8(10)7-14-6-5-9(11(14)15)12(16)17/h1-4,9H,5-7H2,(H,16,17). The van der Waals surface area contributed by atoms with Gasteiger partial charge < -0.3 is 10.0 Å². The molecule has 0 aromatic heterocycles. The van der Waals surface area contributed by atoms with Crippen molar-refractivity contribution >= 4 is 11.9 Å². The molecule has 0 bridgehead atoms. The summed E-state index contributed by atoms with van der Waals surface area (Å²) in [5.41, 5.74) is 0.409. The second-order valence-corrected chi connectivity index (χ2v) is 4.03. The summed E-state index contributed by atoms with van der Waals surface area (Å²) in [7, 11) is 0. The van der Waals surface area contributed by atoms with Crippen molar-refractivity contribution < 1.29 is 19.1 Å². The van der Waals surface area contributed by atoms with Gasteiger partial charge in [-0.05, 0) is 12.5 Å². The molecule has 1 aromatic carbocycles. The topological polar surface area (TPSA) is 57.6 Å². The minimum atomic E-state index is -1.11. The molecule has 1 amide bonds. The molecule has 1 aromatic rings. The molecular weight excluding hydrogens is 225 g/mol. The monoisotopic (exact) mass is 237 g/mol. The first-order chi connectivity index (χ1) is 8.09. The van der Waals surface area contributed by atoms with E-state index in [1.54, 1.807) is 18.2 Å². The van der Waals surface area contributed by atoms with Crippen LogP contribution in [0.1, 0.15) is 12.0 Å². The lowest BCUT2D eigenvalue weighted by atomic mass is 10.1. The molecule has 4 nitrogen and oxygen atoms in total. The number of carbonyl (C=O) groups excluding carboxylic acids is 1. The number of halogens is 1. The van der Waals surface area contributed by atoms with E-state index < -0.39 is 17.8 Å². The number of hydrogen-bond donors (Lipinski definition) is 1. The van der Waals surface area contributed by atoms with Gasteiger partial charge in [-0.1, -0.05) is 18.2 Å². The van der Waals surface area contributed by atoms with Gasteiger partial charge in [-0.3, -0.25) is 9.59 Å². The van der Waals surface area contributed by atoms with Crippen molar-refractivity contribution in [2.24, 2.45) is 5.92 Å². The summed E-state index contributed by atoms with van der Waals surface area (Å²) in [6.45, 7) is 0.499. The molecule has 17 heavy (non-hydrogen) atoms. The summed E-state index contributed by atoms with van der Waals surface area (Å²) in [5.74, 6) is -2.88. The second-order valence-electron chi connectivity index (χ2n) is 4.03. The number of carboxylic acids is 1. The van der Waals surface area contributed by atoms with Gasteiger partial charge in [0.25, 0.3) is 0 Å². The Morgan fingerprint density at radius 1 is 1.47 bits per heavy atom. The largest absolute Gasteiger partial charge is 0.481 e. The van der Waals surface area contributed by atoms with Crippen LogP contribution in [0, 0.1) is 11.7 Å². The number of carbonyl (C=O) groups is 2. The number of amides is 1. The zero-order chi connectivity index (χ0) is 12.4. The van der Waals surface area contributed by atoms with Crippen LogP contribution in [0.25, 0.3) is 0 Å². The number of nitrogens with zero attached hydrogens (tertiary/aromatic N) is 1. The van der Waals surface area contributed by atoms with Crippen LogP contribution in [0.3, 0.4) is 0 Å². The third kappa shape index (κ3) is 2.27. The Hall–Kier alpha value is -1.91. The lowest BCUT2D eigenvalue weighted by molar-refractivity contribution is -0.147. The van der Waals surface area contributed by atoms with Gasteiger partial charge in [0.2, 0.25) is 5.91 Å². The van der Waals surface area contributed by atoms with E-state index >= 15 is 0 Å². The van der Waals surface area contributed by atoms with Gasteiger partial charge in [0, 0.05) is 18.7 Å². The van der Waals surface area contributed by atoms with Gasteiger partial charge in [0.05, 0.1) is 0 Å². The molecule has 1 atom stereocenters. The molecule has 1 heterocycles. The Kier molecular flexibility index (Phi) is 3.08. The lowest BCUT2D eigenvalue weighted by Crippen LogP contribution is -2.30. The van der Waals surface area contributed by atoms with Crippen molar-refractivity contribution in [3.63, 3.8) is 0 Å². The van der Waals surface area contributed by atoms with Gasteiger partial charge in [0.1, 0.15) is 11.7 Å². The van der Waals surface area contributed by atoms with Crippen LogP contribution in [-0.4, -0.2) is 28.4 Å². The summed E-state index contributed by atoms with van der Waals surface area (Å²) in [6.07, 6.45) is 0.294. The van der Waals surface area contributed by atoms with Crippen LogP contribution >= 0.6 is 0 Å². The van der Waals surface area contributed by atoms with Crippen molar-refractivity contribution in [1.29, 1.82) is 0 Å². The molecule has 1 aliphatic heterocycles. The molecule has 0 saturated carbocycles. The molecule has 2 rings (SSSR count). The van der Waals surface area contributed by atoms with Crippen molar-refractivity contribution in [1.82, 2.24) is 4.90 Å². The van der Waals surface area contributed by atoms with Crippen LogP contribution in [0.15, 0.2) is 24.3 Å². The zero-order valence-electron chi connectivity index (χ0n) is 9.10. The minimum absolute atomic E-state index is 0.134. The molecule has 1 unspecified atom stereocenters. The van der Waals surface area contributed by atoms with Crippen LogP contribution in [0.4, 0.5) is 4.39 Å². The first-order valence-electron chi connectivity index (χ1n) is 5.34. The predicted molar refractivity (Wildman–Crippen MR) is 57.6 cm³/mol. The molecule has 1 fully saturated rings. The van der Waals surface area contributed by atoms with Gasteiger partial charge in [0.15, 0.2) is 0 Å². The first-order valence-corrected chi connectivity index (χ1v) is 5.34. The maximum absolute atomic E-state index is 13.4. The van der Waals surface area contributed by atoms with Crippen molar-refractivity contribution in [2.75, 3.05) is 6.54 Å². The number of likely N-dealkylation sites (tertiary alicyclic amines) is 1. The zero-order valence-corrected chi connectivity index (χ0v) is 9.10. The highest BCUT2D eigenvalue weighted by atomic mass is 19.1. The molecule has 1 aliphatic rings. The fourth-order valence-electron chi connectivity index (χ4n) is 1.96. The Bertz CT molecular complexity index is 461. The van der Waals surface area contributed by atoms with Crippen LogP contribution < -0.4 is 0 Å². The Morgan fingerprint density at radius 2 is 2.18 bits per heavy atom. The summed E-state index contributed by atoms with van der Waals surface area (Å²) in [4.78, 5) is 23.8. The first kappa shape index (κ1) is 11.6. The van der Waals surface area contributed by atoms with Crippen molar-refractivity contribution in [2.45, 2.75) is 13.0 Å². The SMILES string of the molecule is O=C(O)C1CCN(Cc2ccccc2F)C1=O. The fraction of sp³-hybridized carbons (Fsp3) is 0.333. The molecule has 1 N–H and O–H groups in total. The average molecular weight is 237 g/mol. The summed E-state index contributed by atoms with van der Waals surface area (Å²) in [5, 5.41) is 8.80. The maximum Gasteiger partial charge on any atom is 0.316 e. The molecule has 0 radical (unpaired) electrons. The highest BCUT2D eigenvalue weighted by Gasteiger charge is 2.36. The average Bonchev–Trinajstić information content (AvgIpc) is 2.64. The molecule has 0 aliphatic carbocycles. The van der Waals surface area contributed by atoms with E-state index in [1.165, 1.54) is 11.0 Å². The molecule has 90 valence electrons. The minimum Gasteiger partial charge on any atom is -0.481 e. The van der Waals surface area contributed by atoms with Crippen LogP contribution in [0.2, 0.25) is 0 Å². The molecule has 0 spiro atoms. The van der Waals surface area contributed by atoms with Gasteiger partial charge in [-0.2, -0.15) is 0 Å². The Labute approximate surface area is 97.7 Å². The number of rotatable bonds is 3. The number of aliphatic carboxylic acids is 1. The summed E-state index contributed by atoms with van der Waals surface area (Å²) < 4.78 is 13.4. The van der Waals surface area contributed by atoms with E-state index in [9.17, 15) is 14.0 Å². The smallest absolute Gasteiger partial charge is 0.316 e. The van der Waals surface area contributed by atoms with E-state index in [1.807, 2.05) is 0 Å². The maximum atomic E-state index is 13.4. The number of carboxylic acid groups (broad SMARTS) is 1. The molecule has 5 heteroatoms. The van der Waals surface area contributed by atoms with Gasteiger partial charge in [-0.15, -0.1) is 0 Å². The predicted octanol–water partition coefficient (Wildman–Crippen LogP) is 1.26. The van der Waals surface area contributed by atoms with E-state index in [4.69, 9.17) is 5.11 Å². The summed E-state index contributed by atoms with van der Waals surface area (Å²) >= 11 is 0. The highest BCUT2D eigenvalue weighted by molar-refractivity contribution is 5.98. The lowest BCUT2D eigenvalue weighted by Gasteiger charge is -2.16. The third-order valence-corrected chi connectivity index (χ3v) is 2.91. The Balaban J connectivity index is 2.09. The molecular formula is C12H12FNO3. The van der Waals surface area contributed by atoms with Crippen molar-refractivity contribution in [3.05, 3.63) is 35.6 Å². The normalized spacial score (nSPS) is 19.7.